The Morgan fingerprint density at radius 1 is 1.22 bits per heavy atom. The third-order valence-corrected chi connectivity index (χ3v) is 5.44. The van der Waals surface area contributed by atoms with Crippen LogP contribution >= 0.6 is 15.9 Å². The van der Waals surface area contributed by atoms with Crippen LogP contribution in [-0.4, -0.2) is 15.0 Å². The second-order valence-electron chi connectivity index (χ2n) is 5.00. The van der Waals surface area contributed by atoms with Gasteiger partial charge in [-0.2, -0.15) is 0 Å². The van der Waals surface area contributed by atoms with Gasteiger partial charge >= 0.3 is 0 Å². The molecule has 0 unspecified atom stereocenters. The van der Waals surface area contributed by atoms with Crippen molar-refractivity contribution in [2.75, 3.05) is 6.54 Å². The first-order chi connectivity index (χ1) is 8.16. The van der Waals surface area contributed by atoms with Gasteiger partial charge in [0.05, 0.1) is 4.90 Å². The zero-order chi connectivity index (χ0) is 14.1. The molecule has 18 heavy (non-hydrogen) atoms. The topological polar surface area (TPSA) is 46.2 Å². The number of aryl methyl sites for hydroxylation is 1. The summed E-state index contributed by atoms with van der Waals surface area (Å²) >= 11 is 3.41. The van der Waals surface area contributed by atoms with Crippen LogP contribution in [0.25, 0.3) is 0 Å². The third kappa shape index (κ3) is 3.33. The van der Waals surface area contributed by atoms with Crippen LogP contribution in [0, 0.1) is 26.7 Å². The first-order valence-electron chi connectivity index (χ1n) is 5.92. The van der Waals surface area contributed by atoms with E-state index >= 15 is 0 Å². The molecule has 0 saturated carbocycles. The summed E-state index contributed by atoms with van der Waals surface area (Å²) in [7, 11) is -3.44. The summed E-state index contributed by atoms with van der Waals surface area (Å²) in [5.74, 6) is 0.286. The predicted octanol–water partition coefficient (Wildman–Crippen LogP) is 3.31. The van der Waals surface area contributed by atoms with Crippen molar-refractivity contribution in [1.29, 1.82) is 0 Å². The van der Waals surface area contributed by atoms with Gasteiger partial charge in [-0.05, 0) is 49.4 Å². The third-order valence-electron chi connectivity index (χ3n) is 2.92. The van der Waals surface area contributed by atoms with Crippen molar-refractivity contribution < 1.29 is 8.42 Å². The molecule has 1 rings (SSSR count). The van der Waals surface area contributed by atoms with Gasteiger partial charge in [0.15, 0.2) is 0 Å². The van der Waals surface area contributed by atoms with E-state index in [1.165, 1.54) is 0 Å². The predicted molar refractivity (Wildman–Crippen MR) is 78.4 cm³/mol. The highest BCUT2D eigenvalue weighted by Gasteiger charge is 2.22. The molecule has 102 valence electrons. The highest BCUT2D eigenvalue weighted by Crippen LogP contribution is 2.29. The van der Waals surface area contributed by atoms with Gasteiger partial charge in [-0.3, -0.25) is 0 Å². The minimum atomic E-state index is -3.44. The van der Waals surface area contributed by atoms with Gasteiger partial charge in [0, 0.05) is 11.0 Å². The summed E-state index contributed by atoms with van der Waals surface area (Å²) in [5.41, 5.74) is 2.54. The average Bonchev–Trinajstić information content (AvgIpc) is 2.24. The molecule has 0 amide bonds. The molecule has 0 aliphatic heterocycles. The molecular weight excluding hydrogens is 314 g/mol. The van der Waals surface area contributed by atoms with Gasteiger partial charge < -0.3 is 0 Å². The number of benzene rings is 1. The zero-order valence-corrected chi connectivity index (χ0v) is 13.9. The smallest absolute Gasteiger partial charge is 0.211 e. The van der Waals surface area contributed by atoms with Gasteiger partial charge in [0.25, 0.3) is 0 Å². The minimum absolute atomic E-state index is 0.286. The Balaban J connectivity index is 3.32. The molecule has 0 aromatic heterocycles. The van der Waals surface area contributed by atoms with Crippen molar-refractivity contribution in [1.82, 2.24) is 4.72 Å². The maximum atomic E-state index is 12.4. The summed E-state index contributed by atoms with van der Waals surface area (Å²) in [6.45, 7) is 10.00. The Bertz CT molecular complexity index is 524. The maximum Gasteiger partial charge on any atom is 0.241 e. The van der Waals surface area contributed by atoms with Crippen LogP contribution in [-0.2, 0) is 10.0 Å². The van der Waals surface area contributed by atoms with E-state index in [2.05, 4.69) is 20.7 Å². The first kappa shape index (κ1) is 15.7. The number of hydrogen-bond donors (Lipinski definition) is 1. The van der Waals surface area contributed by atoms with Crippen molar-refractivity contribution in [3.05, 3.63) is 27.2 Å². The molecule has 1 aromatic rings. The molecule has 0 aliphatic rings. The van der Waals surface area contributed by atoms with Gasteiger partial charge in [-0.15, -0.1) is 0 Å². The van der Waals surface area contributed by atoms with Crippen molar-refractivity contribution in [2.24, 2.45) is 5.92 Å². The molecule has 0 radical (unpaired) electrons. The van der Waals surface area contributed by atoms with Crippen molar-refractivity contribution in [3.8, 4) is 0 Å². The standard InChI is InChI=1S/C13H20BrNO2S/c1-8(2)7-15-18(16,17)13-10(4)9(3)6-12(14)11(13)5/h6,8,15H,7H2,1-5H3. The highest BCUT2D eigenvalue weighted by atomic mass is 79.9. The number of rotatable bonds is 4. The van der Waals surface area contributed by atoms with Crippen LogP contribution in [0.5, 0.6) is 0 Å². The first-order valence-corrected chi connectivity index (χ1v) is 8.20. The summed E-state index contributed by atoms with van der Waals surface area (Å²) in [4.78, 5) is 0.398. The molecule has 0 spiro atoms. The molecule has 0 saturated heterocycles. The fourth-order valence-electron chi connectivity index (χ4n) is 1.73. The van der Waals surface area contributed by atoms with Gasteiger partial charge in [-0.1, -0.05) is 29.8 Å². The van der Waals surface area contributed by atoms with E-state index in [1.807, 2.05) is 40.7 Å². The normalized spacial score (nSPS) is 12.2. The Hall–Kier alpha value is -0.390. The van der Waals surface area contributed by atoms with E-state index in [4.69, 9.17) is 0 Å². The van der Waals surface area contributed by atoms with Crippen LogP contribution in [0.15, 0.2) is 15.4 Å². The number of hydrogen-bond acceptors (Lipinski definition) is 2. The maximum absolute atomic E-state index is 12.4. The van der Waals surface area contributed by atoms with Crippen LogP contribution in [0.4, 0.5) is 0 Å². The molecule has 0 bridgehead atoms. The Kier molecular flexibility index (Phi) is 4.98. The molecule has 0 heterocycles. The highest BCUT2D eigenvalue weighted by molar-refractivity contribution is 9.10. The molecule has 5 heteroatoms. The lowest BCUT2D eigenvalue weighted by Crippen LogP contribution is -2.29. The minimum Gasteiger partial charge on any atom is -0.211 e. The Morgan fingerprint density at radius 2 is 1.78 bits per heavy atom. The van der Waals surface area contributed by atoms with Crippen molar-refractivity contribution in [2.45, 2.75) is 39.5 Å². The summed E-state index contributed by atoms with van der Waals surface area (Å²) in [5, 5.41) is 0. The molecule has 1 N–H and O–H groups in total. The van der Waals surface area contributed by atoms with Gasteiger partial charge in [0.1, 0.15) is 0 Å². The van der Waals surface area contributed by atoms with Gasteiger partial charge in [0.2, 0.25) is 10.0 Å². The van der Waals surface area contributed by atoms with Crippen LogP contribution in [0.1, 0.15) is 30.5 Å². The summed E-state index contributed by atoms with van der Waals surface area (Å²) < 4.78 is 28.2. The van der Waals surface area contributed by atoms with Crippen molar-refractivity contribution >= 4 is 26.0 Å². The average molecular weight is 334 g/mol. The van der Waals surface area contributed by atoms with Crippen LogP contribution in [0.2, 0.25) is 0 Å². The number of nitrogens with one attached hydrogen (secondary N) is 1. The Morgan fingerprint density at radius 3 is 2.28 bits per heavy atom. The van der Waals surface area contributed by atoms with E-state index in [-0.39, 0.29) is 5.92 Å². The van der Waals surface area contributed by atoms with Crippen molar-refractivity contribution in [3.63, 3.8) is 0 Å². The zero-order valence-electron chi connectivity index (χ0n) is 11.5. The molecule has 3 nitrogen and oxygen atoms in total. The largest absolute Gasteiger partial charge is 0.241 e. The molecule has 0 fully saturated rings. The second-order valence-corrected chi connectivity index (χ2v) is 7.56. The van der Waals surface area contributed by atoms with Crippen LogP contribution in [0.3, 0.4) is 0 Å². The van der Waals surface area contributed by atoms with Gasteiger partial charge in [-0.25, -0.2) is 13.1 Å². The quantitative estimate of drug-likeness (QED) is 0.918. The molecule has 0 atom stereocenters. The lowest BCUT2D eigenvalue weighted by molar-refractivity contribution is 0.559. The van der Waals surface area contributed by atoms with E-state index in [0.717, 1.165) is 21.2 Å². The lowest BCUT2D eigenvalue weighted by atomic mass is 10.1. The van der Waals surface area contributed by atoms with E-state index < -0.39 is 10.0 Å². The molecule has 1 aromatic carbocycles. The summed E-state index contributed by atoms with van der Waals surface area (Å²) in [6.07, 6.45) is 0. The number of halogens is 1. The Labute approximate surface area is 118 Å². The SMILES string of the molecule is Cc1cc(Br)c(C)c(S(=O)(=O)NCC(C)C)c1C. The van der Waals surface area contributed by atoms with E-state index in [0.29, 0.717) is 11.4 Å². The fourth-order valence-corrected chi connectivity index (χ4v) is 4.17. The lowest BCUT2D eigenvalue weighted by Gasteiger charge is -2.16. The molecular formula is C13H20BrNO2S. The van der Waals surface area contributed by atoms with Crippen LogP contribution < -0.4 is 4.72 Å². The van der Waals surface area contributed by atoms with E-state index in [9.17, 15) is 8.42 Å². The monoisotopic (exact) mass is 333 g/mol. The van der Waals surface area contributed by atoms with E-state index in [1.54, 1.807) is 0 Å². The summed E-state index contributed by atoms with van der Waals surface area (Å²) in [6, 6.07) is 1.95. The second kappa shape index (κ2) is 5.72. The molecule has 0 aliphatic carbocycles. The number of sulfonamides is 1. The fraction of sp³-hybridized carbons (Fsp3) is 0.538.